The minimum absolute atomic E-state index is 0.0755. The Balaban J connectivity index is 0.992. The summed E-state index contributed by atoms with van der Waals surface area (Å²) in [7, 11) is 0. The minimum Gasteiger partial charge on any atom is -0.480 e. The van der Waals surface area contributed by atoms with Crippen LogP contribution in [0.15, 0.2) is 48.1 Å². The molecule has 9 rings (SSSR count). The average Bonchev–Trinajstić information content (AvgIpc) is 3.72. The van der Waals surface area contributed by atoms with E-state index in [1.54, 1.807) is 10.7 Å². The van der Waals surface area contributed by atoms with E-state index in [0.717, 1.165) is 75.8 Å². The number of nitrogen functional groups attached to an aromatic ring is 1. The average molecular weight is 626 g/mol. The van der Waals surface area contributed by atoms with Crippen LogP contribution in [-0.4, -0.2) is 74.0 Å². The first-order valence-corrected chi connectivity index (χ1v) is 16.6. The predicted molar refractivity (Wildman–Crippen MR) is 175 cm³/mol. The zero-order chi connectivity index (χ0) is 31.4. The molecule has 11 nitrogen and oxygen atoms in total. The number of likely N-dealkylation sites (tertiary alicyclic amines) is 1. The molecule has 1 aromatic carbocycles. The van der Waals surface area contributed by atoms with Crippen molar-refractivity contribution in [3.8, 4) is 5.82 Å². The van der Waals surface area contributed by atoms with Crippen LogP contribution in [0.3, 0.4) is 0 Å². The first kappa shape index (κ1) is 29.0. The number of hydrogen-bond donors (Lipinski definition) is 4. The van der Waals surface area contributed by atoms with Gasteiger partial charge in [0.25, 0.3) is 0 Å². The van der Waals surface area contributed by atoms with E-state index in [9.17, 15) is 9.90 Å². The number of benzene rings is 1. The molecule has 1 unspecified atom stereocenters. The lowest BCUT2D eigenvalue weighted by molar-refractivity contribution is -0.143. The molecule has 2 bridgehead atoms. The summed E-state index contributed by atoms with van der Waals surface area (Å²) in [6.45, 7) is 3.11. The number of carbonyl (C=O) groups is 1. The summed E-state index contributed by atoms with van der Waals surface area (Å²) in [5, 5.41) is 21.0. The summed E-state index contributed by atoms with van der Waals surface area (Å²) < 4.78 is 17.0. The second-order valence-corrected chi connectivity index (χ2v) is 13.3. The van der Waals surface area contributed by atoms with Crippen LogP contribution < -0.4 is 21.3 Å². The maximum atomic E-state index is 15.4. The molecule has 3 aromatic rings. The molecule has 240 valence electrons. The molecule has 46 heavy (non-hydrogen) atoms. The van der Waals surface area contributed by atoms with Crippen molar-refractivity contribution in [2.75, 3.05) is 47.4 Å². The molecule has 5 heterocycles. The van der Waals surface area contributed by atoms with E-state index in [4.69, 9.17) is 10.7 Å². The molecule has 0 amide bonds. The van der Waals surface area contributed by atoms with E-state index in [1.165, 1.54) is 17.2 Å². The zero-order valence-electron chi connectivity index (χ0n) is 25.9. The van der Waals surface area contributed by atoms with Gasteiger partial charge in [-0.25, -0.2) is 9.37 Å². The van der Waals surface area contributed by atoms with E-state index in [0.29, 0.717) is 36.7 Å². The van der Waals surface area contributed by atoms with E-state index in [-0.39, 0.29) is 29.2 Å². The van der Waals surface area contributed by atoms with Crippen LogP contribution in [-0.2, 0) is 16.6 Å². The van der Waals surface area contributed by atoms with Gasteiger partial charge in [-0.15, -0.1) is 5.10 Å². The molecule has 12 heteroatoms. The van der Waals surface area contributed by atoms with Crippen molar-refractivity contribution in [2.24, 2.45) is 0 Å². The molecule has 2 aromatic heterocycles. The van der Waals surface area contributed by atoms with Gasteiger partial charge in [0, 0.05) is 36.8 Å². The Morgan fingerprint density at radius 2 is 1.98 bits per heavy atom. The molecular formula is C34H40FN9O2. The van der Waals surface area contributed by atoms with Crippen molar-refractivity contribution < 1.29 is 14.3 Å². The third-order valence-electron chi connectivity index (χ3n) is 10.6. The topological polar surface area (TPSA) is 137 Å². The number of allylic oxidation sites excluding steroid dienone is 4. The molecule has 0 spiro atoms. The number of halogens is 1. The Hall–Kier alpha value is -4.45. The van der Waals surface area contributed by atoms with Crippen molar-refractivity contribution in [3.05, 3.63) is 65.1 Å². The third-order valence-corrected chi connectivity index (χ3v) is 10.6. The smallest absolute Gasteiger partial charge is 0.320 e. The van der Waals surface area contributed by atoms with Gasteiger partial charge in [0.2, 0.25) is 11.9 Å². The van der Waals surface area contributed by atoms with Crippen molar-refractivity contribution in [1.82, 2.24) is 24.6 Å². The molecule has 3 aliphatic carbocycles. The zero-order valence-corrected chi connectivity index (χ0v) is 25.9. The molecular weight excluding hydrogens is 585 g/mol. The van der Waals surface area contributed by atoms with E-state index in [1.807, 2.05) is 11.0 Å². The predicted octanol–water partition coefficient (Wildman–Crippen LogP) is 4.92. The van der Waals surface area contributed by atoms with Crippen LogP contribution in [0.5, 0.6) is 0 Å². The van der Waals surface area contributed by atoms with Crippen LogP contribution in [0.25, 0.3) is 5.82 Å². The van der Waals surface area contributed by atoms with Gasteiger partial charge >= 0.3 is 5.97 Å². The molecule has 2 atom stereocenters. The number of aliphatic carboxylic acids is 1. The summed E-state index contributed by atoms with van der Waals surface area (Å²) in [4.78, 5) is 25.3. The Bertz CT molecular complexity index is 1740. The number of carboxylic acids is 1. The standard InChI is InChI=1S/C34H40FN9O2/c35-25-19-22(5-6-27(25)42-17-10-23(11-18-42)43-16-2-4-28(43)31(45)46)38-33-40-32(36)44(41-33)29-20-24(30-26(39-29)3-1-15-37-30)34-12-7-21(8-13-34)9-14-34/h5-8,12,19-20,23,28,37H,1-4,9-11,13-18H2,(H,45,46)(H3,36,38,40,41)/t28-,34?/m0/s1. The Morgan fingerprint density at radius 1 is 1.11 bits per heavy atom. The number of anilines is 5. The lowest BCUT2D eigenvalue weighted by atomic mass is 9.65. The van der Waals surface area contributed by atoms with Crippen LogP contribution >= 0.6 is 0 Å². The molecule has 0 radical (unpaired) electrons. The molecule has 2 fully saturated rings. The van der Waals surface area contributed by atoms with Crippen molar-refractivity contribution in [3.63, 3.8) is 0 Å². The quantitative estimate of drug-likeness (QED) is 0.286. The number of pyridine rings is 1. The fraction of sp³-hybridized carbons (Fsp3) is 0.471. The number of nitrogens with zero attached hydrogens (tertiary/aromatic N) is 6. The van der Waals surface area contributed by atoms with E-state index in [2.05, 4.69) is 49.9 Å². The Labute approximate surface area is 267 Å². The molecule has 2 saturated heterocycles. The highest BCUT2D eigenvalue weighted by Gasteiger charge is 2.39. The number of fused-ring (bicyclic) bond motifs is 3. The molecule has 0 saturated carbocycles. The van der Waals surface area contributed by atoms with Gasteiger partial charge in [0.05, 0.1) is 17.1 Å². The fourth-order valence-electron chi connectivity index (χ4n) is 8.17. The first-order chi connectivity index (χ1) is 22.4. The summed E-state index contributed by atoms with van der Waals surface area (Å²) in [5.41, 5.74) is 12.2. The number of aromatic nitrogens is 4. The normalized spacial score (nSPS) is 24.5. The highest BCUT2D eigenvalue weighted by atomic mass is 19.1. The third kappa shape index (κ3) is 5.08. The number of aryl methyl sites for hydroxylation is 1. The van der Waals surface area contributed by atoms with Gasteiger partial charge in [0.15, 0.2) is 5.82 Å². The van der Waals surface area contributed by atoms with Gasteiger partial charge in [0.1, 0.15) is 11.9 Å². The van der Waals surface area contributed by atoms with Gasteiger partial charge in [-0.1, -0.05) is 23.8 Å². The van der Waals surface area contributed by atoms with Crippen molar-refractivity contribution in [2.45, 2.75) is 75.3 Å². The summed E-state index contributed by atoms with van der Waals surface area (Å²) >= 11 is 0. The van der Waals surface area contributed by atoms with Gasteiger partial charge in [-0.05, 0) is 94.2 Å². The summed E-state index contributed by atoms with van der Waals surface area (Å²) in [6.07, 6.45) is 15.2. The highest BCUT2D eigenvalue weighted by Crippen LogP contribution is 2.48. The minimum atomic E-state index is -0.738. The number of hydrogen-bond acceptors (Lipinski definition) is 9. The monoisotopic (exact) mass is 625 g/mol. The lowest BCUT2D eigenvalue weighted by Crippen LogP contribution is -2.49. The van der Waals surface area contributed by atoms with Gasteiger partial charge in [-0.3, -0.25) is 9.69 Å². The van der Waals surface area contributed by atoms with Crippen LogP contribution in [0, 0.1) is 5.82 Å². The molecule has 3 aliphatic heterocycles. The Morgan fingerprint density at radius 3 is 2.72 bits per heavy atom. The second kappa shape index (κ2) is 11.4. The number of carboxylic acid groups (broad SMARTS) is 1. The van der Waals surface area contributed by atoms with Gasteiger partial charge < -0.3 is 26.4 Å². The van der Waals surface area contributed by atoms with Crippen molar-refractivity contribution in [1.29, 1.82) is 0 Å². The van der Waals surface area contributed by atoms with Crippen LogP contribution in [0.1, 0.15) is 62.6 Å². The number of nitrogens with two attached hydrogens (primary N) is 1. The lowest BCUT2D eigenvalue weighted by Gasteiger charge is -2.40. The Kier molecular flexibility index (Phi) is 7.19. The largest absolute Gasteiger partial charge is 0.480 e. The number of rotatable bonds is 7. The first-order valence-electron chi connectivity index (χ1n) is 16.6. The van der Waals surface area contributed by atoms with Gasteiger partial charge in [-0.2, -0.15) is 9.67 Å². The number of piperidine rings is 1. The number of nitrogens with one attached hydrogen (secondary N) is 2. The van der Waals surface area contributed by atoms with Crippen LogP contribution in [0.4, 0.5) is 33.3 Å². The van der Waals surface area contributed by atoms with E-state index >= 15 is 4.39 Å². The van der Waals surface area contributed by atoms with Crippen LogP contribution in [0.2, 0.25) is 0 Å². The second-order valence-electron chi connectivity index (χ2n) is 13.3. The maximum absolute atomic E-state index is 15.4. The maximum Gasteiger partial charge on any atom is 0.320 e. The highest BCUT2D eigenvalue weighted by molar-refractivity contribution is 5.74. The van der Waals surface area contributed by atoms with Crippen molar-refractivity contribution >= 4 is 34.9 Å². The SMILES string of the molecule is Nc1nc(Nc2ccc(N3CCC(N4CCC[C@H]4C(=O)O)CC3)c(F)c2)nn1-c1cc(C23C=CC(=CC2)CC3)c2c(n1)CCCN2. The van der Waals surface area contributed by atoms with E-state index < -0.39 is 12.0 Å². The fourth-order valence-corrected chi connectivity index (χ4v) is 8.17. The summed E-state index contributed by atoms with van der Waals surface area (Å²) in [6, 6.07) is 6.98. The molecule has 6 aliphatic rings. The molecule has 5 N–H and O–H groups in total. The summed E-state index contributed by atoms with van der Waals surface area (Å²) in [5.74, 6) is 0.0302.